The van der Waals surface area contributed by atoms with E-state index in [0.29, 0.717) is 0 Å². The molecule has 0 heterocycles. The summed E-state index contributed by atoms with van der Waals surface area (Å²) in [6, 6.07) is 0. The van der Waals surface area contributed by atoms with Gasteiger partial charge in [0.1, 0.15) is 6.73 Å². The predicted molar refractivity (Wildman–Crippen MR) is 70.7 cm³/mol. The summed E-state index contributed by atoms with van der Waals surface area (Å²) in [6.07, 6.45) is 3.20. The fraction of sp³-hybridized carbons (Fsp3) is 1.00. The van der Waals surface area contributed by atoms with Gasteiger partial charge in [0.05, 0.1) is 0 Å². The van der Waals surface area contributed by atoms with Crippen LogP contribution in [-0.4, -0.2) is 61.9 Å². The second-order valence-corrected chi connectivity index (χ2v) is 6.36. The molecule has 1 atom stereocenters. The Bertz CT molecular complexity index is 229. The van der Waals surface area contributed by atoms with E-state index in [1.165, 1.54) is 13.8 Å². The van der Waals surface area contributed by atoms with Crippen LogP contribution in [0.25, 0.3) is 0 Å². The van der Waals surface area contributed by atoms with Crippen LogP contribution in [0.5, 0.6) is 0 Å². The molecule has 0 spiro atoms. The summed E-state index contributed by atoms with van der Waals surface area (Å²) in [5, 5.41) is 17.5. The maximum Gasteiger partial charge on any atom is 0.328 e. The molecule has 0 aromatic rings. The van der Waals surface area contributed by atoms with Crippen molar-refractivity contribution in [1.29, 1.82) is 0 Å². The van der Waals surface area contributed by atoms with Crippen LogP contribution in [0.4, 0.5) is 0 Å². The zero-order valence-corrected chi connectivity index (χ0v) is 12.3. The maximum absolute atomic E-state index is 11.6. The molecule has 0 aromatic carbocycles. The van der Waals surface area contributed by atoms with Gasteiger partial charge in [0.15, 0.2) is 0 Å². The Kier molecular flexibility index (Phi) is 10.9. The molecule has 0 fully saturated rings. The first kappa shape index (κ1) is 18.0. The number of nitrogens with zero attached hydrogens (tertiary/aromatic N) is 1. The lowest BCUT2D eigenvalue weighted by Crippen LogP contribution is -2.28. The van der Waals surface area contributed by atoms with E-state index in [1.54, 1.807) is 0 Å². The molecule has 18 heavy (non-hydrogen) atoms. The van der Waals surface area contributed by atoms with Crippen LogP contribution < -0.4 is 0 Å². The van der Waals surface area contributed by atoms with E-state index in [4.69, 9.17) is 19.3 Å². The normalized spacial score (nSPS) is 14.9. The highest BCUT2D eigenvalue weighted by molar-refractivity contribution is 7.52. The Labute approximate surface area is 109 Å². The number of aliphatic hydroxyl groups is 2. The second kappa shape index (κ2) is 10.9. The van der Waals surface area contributed by atoms with E-state index in [9.17, 15) is 4.57 Å². The topological polar surface area (TPSA) is 79.2 Å². The highest BCUT2D eigenvalue weighted by Crippen LogP contribution is 2.42. The van der Waals surface area contributed by atoms with Gasteiger partial charge < -0.3 is 14.7 Å². The van der Waals surface area contributed by atoms with Crippen LogP contribution in [0.3, 0.4) is 0 Å². The second-order valence-electron chi connectivity index (χ2n) is 4.19. The van der Waals surface area contributed by atoms with E-state index < -0.39 is 7.60 Å². The highest BCUT2D eigenvalue weighted by atomic mass is 31.2. The number of rotatable bonds is 12. The van der Waals surface area contributed by atoms with Crippen LogP contribution in [0.2, 0.25) is 0 Å². The van der Waals surface area contributed by atoms with Gasteiger partial charge in [-0.2, -0.15) is 0 Å². The van der Waals surface area contributed by atoms with Crippen molar-refractivity contribution in [1.82, 2.24) is 4.90 Å². The van der Waals surface area contributed by atoms with Crippen LogP contribution >= 0.6 is 7.60 Å². The number of unbranched alkanes of at least 4 members (excludes halogenated alkanes) is 2. The Hall–Kier alpha value is 0.0300. The fourth-order valence-corrected chi connectivity index (χ4v) is 1.85. The smallest absolute Gasteiger partial charge is 0.328 e. The largest absolute Gasteiger partial charge is 0.396 e. The van der Waals surface area contributed by atoms with Gasteiger partial charge >= 0.3 is 7.60 Å². The van der Waals surface area contributed by atoms with Crippen molar-refractivity contribution in [2.75, 3.05) is 46.8 Å². The molecule has 0 amide bonds. The molecule has 0 radical (unpaired) electrons. The van der Waals surface area contributed by atoms with Crippen LogP contribution in [-0.2, 0) is 13.6 Å². The Morgan fingerprint density at radius 1 is 1.06 bits per heavy atom. The van der Waals surface area contributed by atoms with Crippen molar-refractivity contribution >= 4 is 7.60 Å². The summed E-state index contributed by atoms with van der Waals surface area (Å²) in [7, 11) is -1.58. The Morgan fingerprint density at radius 2 is 1.56 bits per heavy atom. The molecule has 0 aliphatic heterocycles. The van der Waals surface area contributed by atoms with Crippen molar-refractivity contribution in [2.45, 2.75) is 25.7 Å². The molecule has 110 valence electrons. The van der Waals surface area contributed by atoms with E-state index in [2.05, 4.69) is 0 Å². The van der Waals surface area contributed by atoms with Crippen molar-refractivity contribution in [3.63, 3.8) is 0 Å². The van der Waals surface area contributed by atoms with Gasteiger partial charge in [-0.05, 0) is 25.7 Å². The summed E-state index contributed by atoms with van der Waals surface area (Å²) in [5.74, 6) is 0. The van der Waals surface area contributed by atoms with E-state index in [0.717, 1.165) is 38.8 Å². The van der Waals surface area contributed by atoms with Gasteiger partial charge in [0, 0.05) is 40.1 Å². The fourth-order valence-electron chi connectivity index (χ4n) is 1.37. The maximum atomic E-state index is 11.6. The molecular weight excluding hydrogens is 257 g/mol. The van der Waals surface area contributed by atoms with Gasteiger partial charge in [-0.15, -0.1) is 0 Å². The molecule has 7 heteroatoms. The quantitative estimate of drug-likeness (QED) is 0.319. The van der Waals surface area contributed by atoms with Gasteiger partial charge in [0.25, 0.3) is 0 Å². The van der Waals surface area contributed by atoms with Gasteiger partial charge in [-0.1, -0.05) is 0 Å². The summed E-state index contributed by atoms with van der Waals surface area (Å²) < 4.78 is 21.6. The molecule has 0 rings (SSSR count). The molecule has 2 N–H and O–H groups in total. The zero-order valence-electron chi connectivity index (χ0n) is 11.4. The van der Waals surface area contributed by atoms with Gasteiger partial charge in [-0.25, -0.2) is 0 Å². The van der Waals surface area contributed by atoms with Crippen LogP contribution in [0, 0.1) is 0 Å². The highest BCUT2D eigenvalue weighted by Gasteiger charge is 2.16. The first-order valence-electron chi connectivity index (χ1n) is 6.27. The molecule has 0 saturated carbocycles. The van der Waals surface area contributed by atoms with E-state index in [1.807, 2.05) is 4.90 Å². The third-order valence-electron chi connectivity index (χ3n) is 2.57. The standard InChI is InChI=1S/C11H26NO5P/c1-16-18(2,15)17-11-12(7-3-5-9-13)8-4-6-10-14/h13-14H,3-11H2,1-2H3. The van der Waals surface area contributed by atoms with Crippen LogP contribution in [0.15, 0.2) is 0 Å². The summed E-state index contributed by atoms with van der Waals surface area (Å²) in [4.78, 5) is 2.01. The van der Waals surface area contributed by atoms with Gasteiger partial charge in [-0.3, -0.25) is 14.0 Å². The molecule has 0 aromatic heterocycles. The minimum absolute atomic E-state index is 0.176. The van der Waals surface area contributed by atoms with Gasteiger partial charge in [0.2, 0.25) is 0 Å². The zero-order chi connectivity index (χ0) is 13.9. The van der Waals surface area contributed by atoms with Crippen molar-refractivity contribution in [3.05, 3.63) is 0 Å². The lowest BCUT2D eigenvalue weighted by molar-refractivity contribution is 0.102. The Morgan fingerprint density at radius 3 is 1.94 bits per heavy atom. The number of hydrogen-bond acceptors (Lipinski definition) is 6. The summed E-state index contributed by atoms with van der Waals surface area (Å²) in [6.45, 7) is 3.59. The SMILES string of the molecule is COP(C)(=O)OCN(CCCCO)CCCCO. The summed E-state index contributed by atoms with van der Waals surface area (Å²) in [5.41, 5.74) is 0. The molecular formula is C11H26NO5P. The molecule has 0 aliphatic carbocycles. The van der Waals surface area contributed by atoms with Crippen molar-refractivity contribution in [2.24, 2.45) is 0 Å². The average Bonchev–Trinajstić information content (AvgIpc) is 2.36. The van der Waals surface area contributed by atoms with E-state index in [-0.39, 0.29) is 19.9 Å². The number of aliphatic hydroxyl groups excluding tert-OH is 2. The molecule has 6 nitrogen and oxygen atoms in total. The number of hydrogen-bond donors (Lipinski definition) is 2. The minimum atomic E-state index is -2.95. The summed E-state index contributed by atoms with van der Waals surface area (Å²) >= 11 is 0. The van der Waals surface area contributed by atoms with Crippen LogP contribution in [0.1, 0.15) is 25.7 Å². The van der Waals surface area contributed by atoms with Crippen molar-refractivity contribution < 1.29 is 23.8 Å². The third-order valence-corrected chi connectivity index (χ3v) is 3.82. The molecule has 1 unspecified atom stereocenters. The third kappa shape index (κ3) is 10.00. The van der Waals surface area contributed by atoms with Crippen molar-refractivity contribution in [3.8, 4) is 0 Å². The van der Waals surface area contributed by atoms with E-state index >= 15 is 0 Å². The molecule has 0 saturated heterocycles. The minimum Gasteiger partial charge on any atom is -0.396 e. The predicted octanol–water partition coefficient (Wildman–Crippen LogP) is 1.28. The lowest BCUT2D eigenvalue weighted by atomic mass is 10.2. The Balaban J connectivity index is 3.98. The molecule has 0 bridgehead atoms. The lowest BCUT2D eigenvalue weighted by Gasteiger charge is -2.23. The first-order valence-corrected chi connectivity index (χ1v) is 8.26. The molecule has 0 aliphatic rings. The monoisotopic (exact) mass is 283 g/mol. The first-order chi connectivity index (χ1) is 8.55. The average molecular weight is 283 g/mol.